The van der Waals surface area contributed by atoms with Gasteiger partial charge in [0.25, 0.3) is 0 Å². The summed E-state index contributed by atoms with van der Waals surface area (Å²) in [6.07, 6.45) is 2.99. The van der Waals surface area contributed by atoms with E-state index in [0.717, 1.165) is 24.9 Å². The van der Waals surface area contributed by atoms with Gasteiger partial charge in [0, 0.05) is 24.8 Å². The number of sulfonamides is 1. The number of benzene rings is 1. The summed E-state index contributed by atoms with van der Waals surface area (Å²) < 4.78 is 27.1. The van der Waals surface area contributed by atoms with Crippen LogP contribution in [0.15, 0.2) is 29.2 Å². The smallest absolute Gasteiger partial charge is 0.243 e. The highest BCUT2D eigenvalue weighted by Gasteiger charge is 2.35. The van der Waals surface area contributed by atoms with Gasteiger partial charge in [0.05, 0.1) is 4.90 Å². The molecule has 1 N–H and O–H groups in total. The average Bonchev–Trinajstić information content (AvgIpc) is 2.38. The molecule has 5 heteroatoms. The SMILES string of the molecule is CNc1ccc(S(=O)(=O)N2[C@H](C)CCC[C@@H]2C)cc1. The first-order valence-electron chi connectivity index (χ1n) is 6.78. The molecule has 0 unspecified atom stereocenters. The van der Waals surface area contributed by atoms with Gasteiger partial charge in [0.15, 0.2) is 0 Å². The third-order valence-electron chi connectivity index (χ3n) is 3.83. The van der Waals surface area contributed by atoms with Crippen LogP contribution in [-0.4, -0.2) is 31.9 Å². The van der Waals surface area contributed by atoms with Crippen molar-refractivity contribution in [3.63, 3.8) is 0 Å². The van der Waals surface area contributed by atoms with Gasteiger partial charge in [-0.15, -0.1) is 0 Å². The molecule has 4 nitrogen and oxygen atoms in total. The Morgan fingerprint density at radius 2 is 1.63 bits per heavy atom. The lowest BCUT2D eigenvalue weighted by molar-refractivity contribution is 0.204. The maximum absolute atomic E-state index is 12.7. The summed E-state index contributed by atoms with van der Waals surface area (Å²) in [7, 11) is -1.56. The number of nitrogens with zero attached hydrogens (tertiary/aromatic N) is 1. The number of nitrogens with one attached hydrogen (secondary N) is 1. The first kappa shape index (κ1) is 14.3. The highest BCUT2D eigenvalue weighted by Crippen LogP contribution is 2.29. The number of rotatable bonds is 3. The van der Waals surface area contributed by atoms with Gasteiger partial charge in [0.1, 0.15) is 0 Å². The van der Waals surface area contributed by atoms with Crippen LogP contribution < -0.4 is 5.32 Å². The highest BCUT2D eigenvalue weighted by atomic mass is 32.2. The minimum atomic E-state index is -3.38. The second-order valence-corrected chi connectivity index (χ2v) is 7.08. The molecule has 0 spiro atoms. The molecule has 1 saturated heterocycles. The summed E-state index contributed by atoms with van der Waals surface area (Å²) in [6.45, 7) is 3.99. The fourth-order valence-corrected chi connectivity index (χ4v) is 4.67. The van der Waals surface area contributed by atoms with Crippen LogP contribution in [0.3, 0.4) is 0 Å². The quantitative estimate of drug-likeness (QED) is 0.927. The second-order valence-electron chi connectivity index (χ2n) is 5.24. The van der Waals surface area contributed by atoms with E-state index >= 15 is 0 Å². The van der Waals surface area contributed by atoms with Gasteiger partial charge in [-0.1, -0.05) is 6.42 Å². The molecule has 2 rings (SSSR count). The summed E-state index contributed by atoms with van der Waals surface area (Å²) in [5, 5.41) is 2.99. The molecule has 0 bridgehead atoms. The van der Waals surface area contributed by atoms with Crippen molar-refractivity contribution in [1.29, 1.82) is 0 Å². The molecule has 1 aliphatic rings. The minimum Gasteiger partial charge on any atom is -0.388 e. The highest BCUT2D eigenvalue weighted by molar-refractivity contribution is 7.89. The Balaban J connectivity index is 2.34. The van der Waals surface area contributed by atoms with Crippen molar-refractivity contribution in [3.05, 3.63) is 24.3 Å². The van der Waals surface area contributed by atoms with Gasteiger partial charge < -0.3 is 5.32 Å². The molecule has 106 valence electrons. The average molecular weight is 282 g/mol. The van der Waals surface area contributed by atoms with Crippen molar-refractivity contribution in [2.75, 3.05) is 12.4 Å². The number of hydrogen-bond donors (Lipinski definition) is 1. The van der Waals surface area contributed by atoms with Crippen LogP contribution in [0.25, 0.3) is 0 Å². The summed E-state index contributed by atoms with van der Waals surface area (Å²) in [6, 6.07) is 7.11. The summed E-state index contributed by atoms with van der Waals surface area (Å²) >= 11 is 0. The van der Waals surface area contributed by atoms with Crippen molar-refractivity contribution in [1.82, 2.24) is 4.31 Å². The third kappa shape index (κ3) is 2.77. The van der Waals surface area contributed by atoms with E-state index < -0.39 is 10.0 Å². The second kappa shape index (κ2) is 5.51. The molecular weight excluding hydrogens is 260 g/mol. The van der Waals surface area contributed by atoms with E-state index in [9.17, 15) is 8.42 Å². The van der Waals surface area contributed by atoms with E-state index in [4.69, 9.17) is 0 Å². The monoisotopic (exact) mass is 282 g/mol. The lowest BCUT2D eigenvalue weighted by atomic mass is 10.0. The van der Waals surface area contributed by atoms with Crippen LogP contribution >= 0.6 is 0 Å². The van der Waals surface area contributed by atoms with Gasteiger partial charge in [-0.2, -0.15) is 4.31 Å². The van der Waals surface area contributed by atoms with Gasteiger partial charge in [-0.3, -0.25) is 0 Å². The van der Waals surface area contributed by atoms with Gasteiger partial charge in [0.2, 0.25) is 10.0 Å². The van der Waals surface area contributed by atoms with Crippen LogP contribution in [0, 0.1) is 0 Å². The van der Waals surface area contributed by atoms with E-state index in [1.807, 2.05) is 20.9 Å². The van der Waals surface area contributed by atoms with Crippen LogP contribution in [0.2, 0.25) is 0 Å². The zero-order valence-corrected chi connectivity index (χ0v) is 12.6. The number of piperidine rings is 1. The zero-order valence-electron chi connectivity index (χ0n) is 11.8. The summed E-state index contributed by atoms with van der Waals surface area (Å²) in [5.74, 6) is 0. The van der Waals surface area contributed by atoms with Crippen LogP contribution in [-0.2, 0) is 10.0 Å². The fraction of sp³-hybridized carbons (Fsp3) is 0.571. The maximum Gasteiger partial charge on any atom is 0.243 e. The van der Waals surface area contributed by atoms with Crippen LogP contribution in [0.4, 0.5) is 5.69 Å². The Morgan fingerprint density at radius 1 is 1.11 bits per heavy atom. The van der Waals surface area contributed by atoms with Crippen LogP contribution in [0.1, 0.15) is 33.1 Å². The van der Waals surface area contributed by atoms with E-state index in [1.54, 1.807) is 28.6 Å². The standard InChI is InChI=1S/C14H22N2O2S/c1-11-5-4-6-12(2)16(11)19(17,18)14-9-7-13(15-3)8-10-14/h7-12,15H,4-6H2,1-3H3/t11-,12+. The molecule has 0 aromatic heterocycles. The van der Waals surface area contributed by atoms with Crippen molar-refractivity contribution >= 4 is 15.7 Å². The Bertz CT molecular complexity index is 515. The predicted molar refractivity (Wildman–Crippen MR) is 77.8 cm³/mol. The summed E-state index contributed by atoms with van der Waals surface area (Å²) in [5.41, 5.74) is 0.915. The van der Waals surface area contributed by atoms with Gasteiger partial charge in [-0.25, -0.2) is 8.42 Å². The summed E-state index contributed by atoms with van der Waals surface area (Å²) in [4.78, 5) is 0.382. The van der Waals surface area contributed by atoms with Crippen molar-refractivity contribution in [3.8, 4) is 0 Å². The fourth-order valence-electron chi connectivity index (χ4n) is 2.79. The zero-order chi connectivity index (χ0) is 14.0. The van der Waals surface area contributed by atoms with Crippen molar-refractivity contribution in [2.45, 2.75) is 50.1 Å². The molecule has 1 fully saturated rings. The predicted octanol–water partition coefficient (Wildman–Crippen LogP) is 2.68. The number of anilines is 1. The lowest BCUT2D eigenvalue weighted by Crippen LogP contribution is -2.47. The Labute approximate surface area is 115 Å². The van der Waals surface area contributed by atoms with Gasteiger partial charge >= 0.3 is 0 Å². The van der Waals surface area contributed by atoms with Crippen LogP contribution in [0.5, 0.6) is 0 Å². The molecule has 19 heavy (non-hydrogen) atoms. The number of hydrogen-bond acceptors (Lipinski definition) is 3. The van der Waals surface area contributed by atoms with E-state index in [1.165, 1.54) is 0 Å². The lowest BCUT2D eigenvalue weighted by Gasteiger charge is -2.37. The third-order valence-corrected chi connectivity index (χ3v) is 5.97. The van der Waals surface area contributed by atoms with E-state index in [0.29, 0.717) is 4.90 Å². The molecule has 2 atom stereocenters. The Hall–Kier alpha value is -1.07. The Morgan fingerprint density at radius 3 is 2.11 bits per heavy atom. The largest absolute Gasteiger partial charge is 0.388 e. The van der Waals surface area contributed by atoms with E-state index in [-0.39, 0.29) is 12.1 Å². The maximum atomic E-state index is 12.7. The van der Waals surface area contributed by atoms with Crippen molar-refractivity contribution in [2.24, 2.45) is 0 Å². The first-order chi connectivity index (χ1) is 8.96. The normalized spacial score (nSPS) is 25.2. The Kier molecular flexibility index (Phi) is 4.16. The molecule has 0 aliphatic carbocycles. The molecule has 0 amide bonds. The molecule has 1 aliphatic heterocycles. The molecule has 1 aromatic carbocycles. The molecule has 0 saturated carbocycles. The topological polar surface area (TPSA) is 49.4 Å². The molecule has 1 aromatic rings. The minimum absolute atomic E-state index is 0.0812. The molecular formula is C14H22N2O2S. The molecule has 1 heterocycles. The van der Waals surface area contributed by atoms with Gasteiger partial charge in [-0.05, 0) is 51.0 Å². The molecule has 0 radical (unpaired) electrons. The van der Waals surface area contributed by atoms with Crippen molar-refractivity contribution < 1.29 is 8.42 Å². The van der Waals surface area contributed by atoms with E-state index in [2.05, 4.69) is 5.32 Å². The first-order valence-corrected chi connectivity index (χ1v) is 8.22.